The van der Waals surface area contributed by atoms with Gasteiger partial charge in [0.2, 0.25) is 0 Å². The van der Waals surface area contributed by atoms with Gasteiger partial charge in [-0.15, -0.1) is 0 Å². The molecule has 1 heterocycles. The smallest absolute Gasteiger partial charge is 0.170 e. The summed E-state index contributed by atoms with van der Waals surface area (Å²) in [4.78, 5) is 12.1. The minimum absolute atomic E-state index is 0.0796. The molecule has 20 heavy (non-hydrogen) atoms. The predicted octanol–water partition coefficient (Wildman–Crippen LogP) is 3.89. The molecule has 5 heteroatoms. The Hall–Kier alpha value is -2.07. The summed E-state index contributed by atoms with van der Waals surface area (Å²) in [6.07, 6.45) is -0.534. The number of aromatic hydroxyl groups is 1. The number of carbonyl (C=O) groups is 1. The minimum atomic E-state index is -0.613. The number of ketones is 1. The highest BCUT2D eigenvalue weighted by Crippen LogP contribution is 2.37. The van der Waals surface area contributed by atoms with Crippen molar-refractivity contribution in [1.82, 2.24) is 0 Å². The second kappa shape index (κ2) is 4.80. The van der Waals surface area contributed by atoms with E-state index in [1.54, 1.807) is 18.2 Å². The van der Waals surface area contributed by atoms with Gasteiger partial charge in [-0.25, -0.2) is 4.39 Å². The number of carbonyl (C=O) groups excluding carboxylic acids is 1. The molecule has 0 radical (unpaired) electrons. The maximum atomic E-state index is 13.3. The number of Topliss-reactive ketones (excluding diaryl/α,β-unsaturated/α-hetero) is 1. The van der Waals surface area contributed by atoms with Crippen molar-refractivity contribution in [3.05, 3.63) is 58.4 Å². The van der Waals surface area contributed by atoms with Crippen LogP contribution in [0, 0.1) is 5.82 Å². The third-order valence-electron chi connectivity index (χ3n) is 3.16. The lowest BCUT2D eigenvalue weighted by Crippen LogP contribution is -2.20. The molecule has 1 unspecified atom stereocenters. The van der Waals surface area contributed by atoms with E-state index < -0.39 is 11.9 Å². The molecule has 0 saturated heterocycles. The zero-order chi connectivity index (χ0) is 14.3. The van der Waals surface area contributed by atoms with Gasteiger partial charge in [-0.1, -0.05) is 11.6 Å². The van der Waals surface area contributed by atoms with E-state index in [-0.39, 0.29) is 18.0 Å². The molecule has 102 valence electrons. The molecular formula is C15H10ClFO3. The molecule has 1 atom stereocenters. The monoisotopic (exact) mass is 292 g/mol. The van der Waals surface area contributed by atoms with E-state index in [2.05, 4.69) is 0 Å². The highest BCUT2D eigenvalue weighted by atomic mass is 35.5. The summed E-state index contributed by atoms with van der Waals surface area (Å²) in [5.41, 5.74) is 0.853. The maximum absolute atomic E-state index is 13.3. The van der Waals surface area contributed by atoms with Crippen LogP contribution in [0.15, 0.2) is 36.4 Å². The van der Waals surface area contributed by atoms with E-state index in [0.29, 0.717) is 21.9 Å². The Morgan fingerprint density at radius 2 is 2.05 bits per heavy atom. The van der Waals surface area contributed by atoms with Gasteiger partial charge in [0.15, 0.2) is 5.78 Å². The van der Waals surface area contributed by atoms with Gasteiger partial charge >= 0.3 is 0 Å². The van der Waals surface area contributed by atoms with Crippen LogP contribution in [0.2, 0.25) is 5.02 Å². The van der Waals surface area contributed by atoms with Gasteiger partial charge in [-0.05, 0) is 35.9 Å². The Morgan fingerprint density at radius 1 is 1.25 bits per heavy atom. The first-order chi connectivity index (χ1) is 9.52. The molecule has 3 nitrogen and oxygen atoms in total. The molecule has 2 aromatic carbocycles. The lowest BCUT2D eigenvalue weighted by Gasteiger charge is -2.25. The van der Waals surface area contributed by atoms with Crippen molar-refractivity contribution in [2.75, 3.05) is 0 Å². The molecule has 0 aliphatic carbocycles. The van der Waals surface area contributed by atoms with Crippen LogP contribution in [0.3, 0.4) is 0 Å². The summed E-state index contributed by atoms with van der Waals surface area (Å²) in [6, 6.07) is 8.43. The Morgan fingerprint density at radius 3 is 2.80 bits per heavy atom. The van der Waals surface area contributed by atoms with E-state index in [1.165, 1.54) is 12.1 Å². The van der Waals surface area contributed by atoms with Crippen molar-refractivity contribution >= 4 is 17.4 Å². The summed E-state index contributed by atoms with van der Waals surface area (Å²) >= 11 is 5.85. The molecule has 1 aliphatic rings. The van der Waals surface area contributed by atoms with Crippen LogP contribution in [-0.2, 0) is 0 Å². The van der Waals surface area contributed by atoms with Crippen LogP contribution in [0.4, 0.5) is 4.39 Å². The summed E-state index contributed by atoms with van der Waals surface area (Å²) in [6.45, 7) is 0. The van der Waals surface area contributed by atoms with E-state index >= 15 is 0 Å². The average molecular weight is 293 g/mol. The number of ether oxygens (including phenoxy) is 1. The molecular weight excluding hydrogens is 283 g/mol. The molecule has 1 aliphatic heterocycles. The number of hydrogen-bond acceptors (Lipinski definition) is 3. The number of halogens is 2. The van der Waals surface area contributed by atoms with Crippen LogP contribution in [0.25, 0.3) is 0 Å². The van der Waals surface area contributed by atoms with Crippen LogP contribution in [0.5, 0.6) is 11.5 Å². The zero-order valence-electron chi connectivity index (χ0n) is 10.3. The fraction of sp³-hybridized carbons (Fsp3) is 0.133. The second-order valence-electron chi connectivity index (χ2n) is 4.62. The Bertz CT molecular complexity index is 679. The first-order valence-corrected chi connectivity index (χ1v) is 6.39. The Labute approximate surface area is 119 Å². The van der Waals surface area contributed by atoms with E-state index in [9.17, 15) is 14.3 Å². The number of rotatable bonds is 1. The number of benzene rings is 2. The number of phenolic OH excluding ortho intramolecular Hbond substituents is 1. The van der Waals surface area contributed by atoms with Gasteiger partial charge in [0.25, 0.3) is 0 Å². The van der Waals surface area contributed by atoms with Crippen LogP contribution < -0.4 is 4.74 Å². The maximum Gasteiger partial charge on any atom is 0.170 e. The van der Waals surface area contributed by atoms with E-state index in [4.69, 9.17) is 16.3 Å². The molecule has 0 saturated carbocycles. The van der Waals surface area contributed by atoms with Crippen molar-refractivity contribution in [3.8, 4) is 11.5 Å². The summed E-state index contributed by atoms with van der Waals surface area (Å²) in [5, 5.41) is 9.88. The highest BCUT2D eigenvalue weighted by Gasteiger charge is 2.28. The summed E-state index contributed by atoms with van der Waals surface area (Å²) < 4.78 is 19.0. The fourth-order valence-corrected chi connectivity index (χ4v) is 2.44. The molecule has 0 spiro atoms. The lowest BCUT2D eigenvalue weighted by molar-refractivity contribution is 0.0849. The van der Waals surface area contributed by atoms with Crippen molar-refractivity contribution in [2.45, 2.75) is 12.5 Å². The highest BCUT2D eigenvalue weighted by molar-refractivity contribution is 6.31. The number of hydrogen-bond donors (Lipinski definition) is 1. The van der Waals surface area contributed by atoms with Crippen molar-refractivity contribution in [2.24, 2.45) is 0 Å². The first-order valence-electron chi connectivity index (χ1n) is 6.02. The first kappa shape index (κ1) is 12.9. The minimum Gasteiger partial charge on any atom is -0.508 e. The predicted molar refractivity (Wildman–Crippen MR) is 71.8 cm³/mol. The Balaban J connectivity index is 1.99. The third kappa shape index (κ3) is 2.34. The average Bonchev–Trinajstić information content (AvgIpc) is 2.38. The molecule has 1 N–H and O–H groups in total. The van der Waals surface area contributed by atoms with Gasteiger partial charge in [0.1, 0.15) is 23.4 Å². The van der Waals surface area contributed by atoms with Gasteiger partial charge in [0, 0.05) is 11.1 Å². The second-order valence-corrected chi connectivity index (χ2v) is 5.05. The van der Waals surface area contributed by atoms with E-state index in [0.717, 1.165) is 6.07 Å². The van der Waals surface area contributed by atoms with Crippen molar-refractivity contribution in [3.63, 3.8) is 0 Å². The van der Waals surface area contributed by atoms with Gasteiger partial charge in [-0.2, -0.15) is 0 Å². The van der Waals surface area contributed by atoms with Gasteiger partial charge in [0.05, 0.1) is 12.0 Å². The van der Waals surface area contributed by atoms with Crippen molar-refractivity contribution < 1.29 is 19.0 Å². The largest absolute Gasteiger partial charge is 0.508 e. The van der Waals surface area contributed by atoms with Gasteiger partial charge in [-0.3, -0.25) is 4.79 Å². The van der Waals surface area contributed by atoms with Crippen LogP contribution >= 0.6 is 11.6 Å². The normalized spacial score (nSPS) is 17.5. The summed E-state index contributed by atoms with van der Waals surface area (Å²) in [5.74, 6) is -0.474. The van der Waals surface area contributed by atoms with Crippen LogP contribution in [0.1, 0.15) is 28.4 Å². The molecule has 3 rings (SSSR count). The number of fused-ring (bicyclic) bond motifs is 1. The molecule has 0 bridgehead atoms. The van der Waals surface area contributed by atoms with Crippen molar-refractivity contribution in [1.29, 1.82) is 0 Å². The molecule has 0 aromatic heterocycles. The Kier molecular flexibility index (Phi) is 3.10. The quantitative estimate of drug-likeness (QED) is 0.867. The number of phenols is 1. The molecule has 0 fully saturated rings. The fourth-order valence-electron chi connectivity index (χ4n) is 2.26. The lowest BCUT2D eigenvalue weighted by atomic mass is 9.96. The third-order valence-corrected chi connectivity index (χ3v) is 3.39. The standard InChI is InChI=1S/C15H10ClFO3/c16-9-1-2-14-12(5-9)13(19)7-15(20-14)8-3-10(17)6-11(18)4-8/h1-6,15,18H,7H2. The van der Waals surface area contributed by atoms with Crippen LogP contribution in [-0.4, -0.2) is 10.9 Å². The molecule has 2 aromatic rings. The van der Waals surface area contributed by atoms with E-state index in [1.807, 2.05) is 0 Å². The van der Waals surface area contributed by atoms with Gasteiger partial charge < -0.3 is 9.84 Å². The summed E-state index contributed by atoms with van der Waals surface area (Å²) in [7, 11) is 0. The zero-order valence-corrected chi connectivity index (χ0v) is 11.0. The molecule has 0 amide bonds. The topological polar surface area (TPSA) is 46.5 Å². The SMILES string of the molecule is O=C1CC(c2cc(O)cc(F)c2)Oc2ccc(Cl)cc21.